The molecule has 2 N–H and O–H groups in total. The van der Waals surface area contributed by atoms with Crippen molar-refractivity contribution in [3.8, 4) is 11.3 Å². The van der Waals surface area contributed by atoms with Gasteiger partial charge in [0.2, 0.25) is 5.91 Å². The van der Waals surface area contributed by atoms with E-state index in [0.29, 0.717) is 5.89 Å². The molecule has 5 nitrogen and oxygen atoms in total. The van der Waals surface area contributed by atoms with Crippen LogP contribution < -0.4 is 10.6 Å². The minimum Gasteiger partial charge on any atom is -0.441 e. The van der Waals surface area contributed by atoms with Crippen LogP contribution in [-0.2, 0) is 4.79 Å². The Balaban J connectivity index is 0.00000161. The lowest BCUT2D eigenvalue weighted by Crippen LogP contribution is -2.35. The molecule has 21 heavy (non-hydrogen) atoms. The van der Waals surface area contributed by atoms with Crippen LogP contribution in [0, 0.1) is 6.92 Å². The third kappa shape index (κ3) is 3.62. The number of nitrogens with one attached hydrogen (secondary N) is 2. The molecule has 112 valence electrons. The fourth-order valence-corrected chi connectivity index (χ4v) is 2.35. The van der Waals surface area contributed by atoms with Gasteiger partial charge in [-0.25, -0.2) is 4.98 Å². The van der Waals surface area contributed by atoms with E-state index in [4.69, 9.17) is 4.42 Å². The van der Waals surface area contributed by atoms with Gasteiger partial charge >= 0.3 is 0 Å². The maximum Gasteiger partial charge on any atom is 0.241 e. The number of oxazole rings is 1. The first-order chi connectivity index (χ1) is 9.72. The number of carbonyl (C=O) groups is 1. The molecule has 6 heteroatoms. The van der Waals surface area contributed by atoms with Crippen LogP contribution in [0.15, 0.2) is 34.9 Å². The van der Waals surface area contributed by atoms with Crippen molar-refractivity contribution >= 4 is 24.0 Å². The van der Waals surface area contributed by atoms with E-state index in [9.17, 15) is 4.79 Å². The number of carbonyl (C=O) groups excluding carboxylic acids is 1. The quantitative estimate of drug-likeness (QED) is 0.915. The third-order valence-corrected chi connectivity index (χ3v) is 3.44. The topological polar surface area (TPSA) is 67.2 Å². The summed E-state index contributed by atoms with van der Waals surface area (Å²) >= 11 is 0. The number of hydrogen-bond acceptors (Lipinski definition) is 4. The largest absolute Gasteiger partial charge is 0.441 e. The highest BCUT2D eigenvalue weighted by atomic mass is 35.5. The molecule has 1 amide bonds. The van der Waals surface area contributed by atoms with Crippen LogP contribution in [0.2, 0.25) is 0 Å². The third-order valence-electron chi connectivity index (χ3n) is 3.44. The summed E-state index contributed by atoms with van der Waals surface area (Å²) in [6.45, 7) is 2.73. The first-order valence-electron chi connectivity index (χ1n) is 6.79. The van der Waals surface area contributed by atoms with Crippen molar-refractivity contribution in [3.63, 3.8) is 0 Å². The number of nitrogens with zero attached hydrogens (tertiary/aromatic N) is 1. The molecule has 1 aliphatic rings. The molecule has 1 saturated heterocycles. The van der Waals surface area contributed by atoms with Crippen LogP contribution in [0.25, 0.3) is 11.3 Å². The molecule has 3 rings (SSSR count). The Morgan fingerprint density at radius 3 is 2.71 bits per heavy atom. The number of rotatable bonds is 3. The van der Waals surface area contributed by atoms with Gasteiger partial charge in [-0.15, -0.1) is 12.4 Å². The van der Waals surface area contributed by atoms with Gasteiger partial charge in [0, 0.05) is 18.2 Å². The molecule has 1 unspecified atom stereocenters. The van der Waals surface area contributed by atoms with Crippen LogP contribution in [0.4, 0.5) is 5.69 Å². The van der Waals surface area contributed by atoms with E-state index in [0.717, 1.165) is 36.4 Å². The smallest absolute Gasteiger partial charge is 0.241 e. The van der Waals surface area contributed by atoms with Gasteiger partial charge in [0.1, 0.15) is 0 Å². The number of hydrogen-bond donors (Lipinski definition) is 2. The lowest BCUT2D eigenvalue weighted by Gasteiger charge is -2.11. The van der Waals surface area contributed by atoms with Gasteiger partial charge < -0.3 is 15.1 Å². The highest BCUT2D eigenvalue weighted by Gasteiger charge is 2.21. The summed E-state index contributed by atoms with van der Waals surface area (Å²) in [5.74, 6) is 1.41. The van der Waals surface area contributed by atoms with E-state index in [-0.39, 0.29) is 24.4 Å². The predicted molar refractivity (Wildman–Crippen MR) is 83.6 cm³/mol. The van der Waals surface area contributed by atoms with Crippen molar-refractivity contribution < 1.29 is 9.21 Å². The molecule has 1 fully saturated rings. The first kappa shape index (κ1) is 15.5. The van der Waals surface area contributed by atoms with Gasteiger partial charge in [-0.1, -0.05) is 0 Å². The highest BCUT2D eigenvalue weighted by molar-refractivity contribution is 5.95. The predicted octanol–water partition coefficient (Wildman–Crippen LogP) is 2.76. The van der Waals surface area contributed by atoms with Crippen LogP contribution in [-0.4, -0.2) is 23.5 Å². The van der Waals surface area contributed by atoms with Gasteiger partial charge in [-0.05, 0) is 43.7 Å². The van der Waals surface area contributed by atoms with Crippen molar-refractivity contribution in [1.29, 1.82) is 0 Å². The molecule has 1 aliphatic heterocycles. The van der Waals surface area contributed by atoms with E-state index in [1.807, 2.05) is 31.2 Å². The van der Waals surface area contributed by atoms with Crippen molar-refractivity contribution in [2.75, 3.05) is 11.9 Å². The Hall–Kier alpha value is -1.85. The molecule has 2 heterocycles. The second kappa shape index (κ2) is 6.74. The number of aromatic nitrogens is 1. The molecule has 2 aromatic rings. The molecule has 0 bridgehead atoms. The normalized spacial score (nSPS) is 17.3. The minimum absolute atomic E-state index is 0. The van der Waals surface area contributed by atoms with Gasteiger partial charge in [0.05, 0.1) is 12.2 Å². The van der Waals surface area contributed by atoms with E-state index in [1.54, 1.807) is 6.20 Å². The Morgan fingerprint density at radius 2 is 2.14 bits per heavy atom. The molecule has 1 atom stereocenters. The Kier molecular flexibility index (Phi) is 4.98. The molecule has 0 saturated carbocycles. The number of benzene rings is 1. The molecule has 0 aliphatic carbocycles. The van der Waals surface area contributed by atoms with Gasteiger partial charge in [-0.2, -0.15) is 0 Å². The molecular formula is C15H18ClN3O2. The average Bonchev–Trinajstić information content (AvgIpc) is 3.10. The summed E-state index contributed by atoms with van der Waals surface area (Å²) in [6, 6.07) is 7.52. The first-order valence-corrected chi connectivity index (χ1v) is 6.79. The van der Waals surface area contributed by atoms with Gasteiger partial charge in [0.25, 0.3) is 0 Å². The maximum atomic E-state index is 12.0. The summed E-state index contributed by atoms with van der Waals surface area (Å²) in [4.78, 5) is 16.0. The molecule has 1 aromatic heterocycles. The molecule has 1 aromatic carbocycles. The van der Waals surface area contributed by atoms with Crippen molar-refractivity contribution in [1.82, 2.24) is 10.3 Å². The van der Waals surface area contributed by atoms with Crippen LogP contribution in [0.3, 0.4) is 0 Å². The van der Waals surface area contributed by atoms with Crippen molar-refractivity contribution in [2.45, 2.75) is 25.8 Å². The zero-order chi connectivity index (χ0) is 13.9. The Bertz CT molecular complexity index is 604. The van der Waals surface area contributed by atoms with E-state index in [2.05, 4.69) is 15.6 Å². The van der Waals surface area contributed by atoms with Crippen LogP contribution >= 0.6 is 12.4 Å². The zero-order valence-corrected chi connectivity index (χ0v) is 12.6. The van der Waals surface area contributed by atoms with Crippen molar-refractivity contribution in [2.24, 2.45) is 0 Å². The average molecular weight is 308 g/mol. The SMILES string of the molecule is Cc1ncc(-c2ccc(NC(=O)C3CCCN3)cc2)o1.Cl. The summed E-state index contributed by atoms with van der Waals surface area (Å²) in [5.41, 5.74) is 1.74. The van der Waals surface area contributed by atoms with E-state index < -0.39 is 0 Å². The van der Waals surface area contributed by atoms with E-state index >= 15 is 0 Å². The lowest BCUT2D eigenvalue weighted by molar-refractivity contribution is -0.117. The summed E-state index contributed by atoms with van der Waals surface area (Å²) in [7, 11) is 0. The summed E-state index contributed by atoms with van der Waals surface area (Å²) < 4.78 is 5.46. The van der Waals surface area contributed by atoms with Crippen LogP contribution in [0.1, 0.15) is 18.7 Å². The maximum absolute atomic E-state index is 12.0. The molecular weight excluding hydrogens is 290 g/mol. The fraction of sp³-hybridized carbons (Fsp3) is 0.333. The number of halogens is 1. The van der Waals surface area contributed by atoms with Crippen molar-refractivity contribution in [3.05, 3.63) is 36.4 Å². The second-order valence-electron chi connectivity index (χ2n) is 4.96. The van der Waals surface area contributed by atoms with E-state index in [1.165, 1.54) is 0 Å². The summed E-state index contributed by atoms with van der Waals surface area (Å²) in [6.07, 6.45) is 3.66. The minimum atomic E-state index is -0.0633. The fourth-order valence-electron chi connectivity index (χ4n) is 2.35. The standard InChI is InChI=1S/C15H17N3O2.ClH/c1-10-17-9-14(20-10)11-4-6-12(7-5-11)18-15(19)13-3-2-8-16-13;/h4-7,9,13,16H,2-3,8H2,1H3,(H,18,19);1H. The zero-order valence-electron chi connectivity index (χ0n) is 11.8. The monoisotopic (exact) mass is 307 g/mol. The Morgan fingerprint density at radius 1 is 1.38 bits per heavy atom. The number of anilines is 1. The van der Waals surface area contributed by atoms with Gasteiger partial charge in [-0.3, -0.25) is 4.79 Å². The van der Waals surface area contributed by atoms with Gasteiger partial charge in [0.15, 0.2) is 11.7 Å². The molecule has 0 spiro atoms. The number of amides is 1. The molecule has 0 radical (unpaired) electrons. The Labute approximate surface area is 129 Å². The van der Waals surface area contributed by atoms with Crippen LogP contribution in [0.5, 0.6) is 0 Å². The highest BCUT2D eigenvalue weighted by Crippen LogP contribution is 2.22. The number of aryl methyl sites for hydroxylation is 1. The second-order valence-corrected chi connectivity index (χ2v) is 4.96. The lowest BCUT2D eigenvalue weighted by atomic mass is 10.1. The summed E-state index contributed by atoms with van der Waals surface area (Å²) in [5, 5.41) is 6.10.